The summed E-state index contributed by atoms with van der Waals surface area (Å²) in [5.74, 6) is 1.40. The molecular weight excluding hydrogens is 246 g/mol. The summed E-state index contributed by atoms with van der Waals surface area (Å²) >= 11 is 0. The smallest absolute Gasteiger partial charge is 0.337 e. The summed E-state index contributed by atoms with van der Waals surface area (Å²) in [6, 6.07) is 4.64. The summed E-state index contributed by atoms with van der Waals surface area (Å²) in [4.78, 5) is 24.6. The van der Waals surface area contributed by atoms with Crippen molar-refractivity contribution in [3.05, 3.63) is 23.8 Å². The molecular formula is C14H13NO4. The van der Waals surface area contributed by atoms with Gasteiger partial charge in [-0.2, -0.15) is 0 Å². The van der Waals surface area contributed by atoms with E-state index >= 15 is 0 Å². The molecule has 0 radical (unpaired) electrons. The van der Waals surface area contributed by atoms with Crippen molar-refractivity contribution in [2.45, 2.75) is 6.42 Å². The quantitative estimate of drug-likeness (QED) is 0.833. The van der Waals surface area contributed by atoms with Gasteiger partial charge in [-0.3, -0.25) is 4.79 Å². The molecule has 1 N–H and O–H groups in total. The first kappa shape index (κ1) is 13.0. The summed E-state index contributed by atoms with van der Waals surface area (Å²) in [6.45, 7) is 0.315. The lowest BCUT2D eigenvalue weighted by molar-refractivity contribution is -0.117. The number of methoxy groups -OCH3 is 1. The van der Waals surface area contributed by atoms with Gasteiger partial charge in [-0.1, -0.05) is 6.07 Å². The minimum Gasteiger partial charge on any atom is -0.495 e. The Labute approximate surface area is 110 Å². The number of anilines is 1. The first-order valence-electron chi connectivity index (χ1n) is 5.75. The van der Waals surface area contributed by atoms with Crippen LogP contribution in [0.4, 0.5) is 5.69 Å². The molecule has 5 heteroatoms. The summed E-state index contributed by atoms with van der Waals surface area (Å²) in [5, 5.41) is 9.22. The first-order valence-corrected chi connectivity index (χ1v) is 5.75. The third kappa shape index (κ3) is 2.25. The Kier molecular flexibility index (Phi) is 3.43. The van der Waals surface area contributed by atoms with Gasteiger partial charge < -0.3 is 14.7 Å². The van der Waals surface area contributed by atoms with Gasteiger partial charge in [0.05, 0.1) is 12.7 Å². The lowest BCUT2D eigenvalue weighted by Gasteiger charge is -2.21. The molecule has 1 aliphatic heterocycles. The number of ether oxygens (including phenoxy) is 1. The maximum atomic E-state index is 12.0. The van der Waals surface area contributed by atoms with Crippen LogP contribution in [-0.2, 0) is 4.79 Å². The molecule has 1 aliphatic rings. The fraction of sp³-hybridized carbons (Fsp3) is 0.286. The van der Waals surface area contributed by atoms with Gasteiger partial charge in [0.1, 0.15) is 11.4 Å². The molecule has 1 heterocycles. The number of nitrogens with zero attached hydrogens (tertiary/aromatic N) is 1. The fourth-order valence-corrected chi connectivity index (χ4v) is 2.17. The topological polar surface area (TPSA) is 66.8 Å². The van der Waals surface area contributed by atoms with Crippen molar-refractivity contribution in [1.29, 1.82) is 0 Å². The van der Waals surface area contributed by atoms with Crippen LogP contribution in [-0.4, -0.2) is 30.6 Å². The van der Waals surface area contributed by atoms with E-state index in [-0.39, 0.29) is 29.5 Å². The van der Waals surface area contributed by atoms with Gasteiger partial charge in [0.25, 0.3) is 0 Å². The zero-order chi connectivity index (χ0) is 14.0. The van der Waals surface area contributed by atoms with E-state index in [4.69, 9.17) is 11.2 Å². The van der Waals surface area contributed by atoms with Crippen molar-refractivity contribution in [3.63, 3.8) is 0 Å². The zero-order valence-electron chi connectivity index (χ0n) is 10.4. The predicted molar refractivity (Wildman–Crippen MR) is 69.2 cm³/mol. The normalized spacial score (nSPS) is 18.2. The maximum absolute atomic E-state index is 12.0. The highest BCUT2D eigenvalue weighted by Crippen LogP contribution is 2.36. The van der Waals surface area contributed by atoms with Gasteiger partial charge in [0.2, 0.25) is 5.91 Å². The Morgan fingerprint density at radius 2 is 2.32 bits per heavy atom. The summed E-state index contributed by atoms with van der Waals surface area (Å²) in [7, 11) is 1.43. The predicted octanol–water partition coefficient (Wildman–Crippen LogP) is 1.38. The Morgan fingerprint density at radius 1 is 1.58 bits per heavy atom. The molecule has 0 spiro atoms. The summed E-state index contributed by atoms with van der Waals surface area (Å²) in [5.41, 5.74) is 0.311. The minimum absolute atomic E-state index is 0.0328. The van der Waals surface area contributed by atoms with Crippen LogP contribution in [0.3, 0.4) is 0 Å². The number of hydrogen-bond acceptors (Lipinski definition) is 3. The highest BCUT2D eigenvalue weighted by atomic mass is 16.5. The van der Waals surface area contributed by atoms with Gasteiger partial charge in [-0.05, 0) is 12.1 Å². The molecule has 0 aliphatic carbocycles. The van der Waals surface area contributed by atoms with Crippen LogP contribution < -0.4 is 9.64 Å². The molecule has 5 nitrogen and oxygen atoms in total. The standard InChI is InChI=1S/C14H13NO4/c1-3-9-7-12(16)15(8-9)13-10(14(17)18)5-4-6-11(13)19-2/h1,4-6,9H,7-8H2,2H3,(H,17,18). The van der Waals surface area contributed by atoms with Crippen molar-refractivity contribution in [3.8, 4) is 18.1 Å². The number of para-hydroxylation sites is 1. The van der Waals surface area contributed by atoms with Gasteiger partial charge in [0, 0.05) is 18.9 Å². The van der Waals surface area contributed by atoms with E-state index in [1.807, 2.05) is 0 Å². The van der Waals surface area contributed by atoms with E-state index in [2.05, 4.69) is 5.92 Å². The van der Waals surface area contributed by atoms with Crippen LogP contribution in [0, 0.1) is 18.3 Å². The second-order valence-corrected chi connectivity index (χ2v) is 4.23. The largest absolute Gasteiger partial charge is 0.495 e. The number of amides is 1. The van der Waals surface area contributed by atoms with E-state index in [1.165, 1.54) is 18.1 Å². The zero-order valence-corrected chi connectivity index (χ0v) is 10.4. The van der Waals surface area contributed by atoms with Gasteiger partial charge in [-0.25, -0.2) is 4.79 Å². The third-order valence-electron chi connectivity index (χ3n) is 3.08. The van der Waals surface area contributed by atoms with Crippen LogP contribution in [0.25, 0.3) is 0 Å². The Hall–Kier alpha value is -2.48. The summed E-state index contributed by atoms with van der Waals surface area (Å²) in [6.07, 6.45) is 5.56. The molecule has 1 saturated heterocycles. The average Bonchev–Trinajstić information content (AvgIpc) is 2.78. The van der Waals surface area contributed by atoms with Crippen LogP contribution in [0.1, 0.15) is 16.8 Å². The molecule has 1 amide bonds. The SMILES string of the molecule is C#CC1CC(=O)N(c2c(OC)cccc2C(=O)O)C1. The Balaban J connectivity index is 2.52. The van der Waals surface area contributed by atoms with E-state index in [9.17, 15) is 14.7 Å². The Bertz CT molecular complexity index is 573. The van der Waals surface area contributed by atoms with Crippen molar-refractivity contribution in [1.82, 2.24) is 0 Å². The number of carboxylic acid groups (broad SMARTS) is 1. The molecule has 0 saturated carbocycles. The molecule has 1 aromatic rings. The summed E-state index contributed by atoms with van der Waals surface area (Å²) < 4.78 is 5.16. The molecule has 1 atom stereocenters. The van der Waals surface area contributed by atoms with Gasteiger partial charge in [0.15, 0.2) is 0 Å². The number of carbonyl (C=O) groups is 2. The number of aromatic carboxylic acids is 1. The van der Waals surface area contributed by atoms with Crippen molar-refractivity contribution < 1.29 is 19.4 Å². The lowest BCUT2D eigenvalue weighted by Crippen LogP contribution is -2.27. The second-order valence-electron chi connectivity index (χ2n) is 4.23. The van der Waals surface area contributed by atoms with Crippen molar-refractivity contribution >= 4 is 17.6 Å². The third-order valence-corrected chi connectivity index (χ3v) is 3.08. The molecule has 0 aromatic heterocycles. The molecule has 1 fully saturated rings. The minimum atomic E-state index is -1.11. The molecule has 19 heavy (non-hydrogen) atoms. The molecule has 1 aromatic carbocycles. The lowest BCUT2D eigenvalue weighted by atomic mass is 10.1. The van der Waals surface area contributed by atoms with Crippen molar-refractivity contribution in [2.75, 3.05) is 18.6 Å². The molecule has 98 valence electrons. The van der Waals surface area contributed by atoms with Crippen molar-refractivity contribution in [2.24, 2.45) is 5.92 Å². The average molecular weight is 259 g/mol. The van der Waals surface area contributed by atoms with Crippen LogP contribution >= 0.6 is 0 Å². The van der Waals surface area contributed by atoms with E-state index in [0.717, 1.165) is 0 Å². The van der Waals surface area contributed by atoms with Gasteiger partial charge >= 0.3 is 5.97 Å². The van der Waals surface area contributed by atoms with Gasteiger partial charge in [-0.15, -0.1) is 12.3 Å². The first-order chi connectivity index (χ1) is 9.08. The van der Waals surface area contributed by atoms with Crippen LogP contribution in [0.2, 0.25) is 0 Å². The van der Waals surface area contributed by atoms with Crippen LogP contribution in [0.5, 0.6) is 5.75 Å². The van der Waals surface area contributed by atoms with E-state index in [1.54, 1.807) is 12.1 Å². The number of carbonyl (C=O) groups excluding carboxylic acids is 1. The molecule has 2 rings (SSSR count). The number of benzene rings is 1. The number of terminal acetylenes is 1. The van der Waals surface area contributed by atoms with Crippen LogP contribution in [0.15, 0.2) is 18.2 Å². The molecule has 1 unspecified atom stereocenters. The number of carboxylic acids is 1. The maximum Gasteiger partial charge on any atom is 0.337 e. The molecule has 0 bridgehead atoms. The number of hydrogen-bond donors (Lipinski definition) is 1. The number of rotatable bonds is 3. The second kappa shape index (κ2) is 5.02. The van der Waals surface area contributed by atoms with E-state index < -0.39 is 5.97 Å². The monoisotopic (exact) mass is 259 g/mol. The van der Waals surface area contributed by atoms with E-state index in [0.29, 0.717) is 12.3 Å². The highest BCUT2D eigenvalue weighted by molar-refractivity contribution is 6.05. The fourth-order valence-electron chi connectivity index (χ4n) is 2.17. The Morgan fingerprint density at radius 3 is 2.84 bits per heavy atom. The highest BCUT2D eigenvalue weighted by Gasteiger charge is 2.33.